The summed E-state index contributed by atoms with van der Waals surface area (Å²) >= 11 is 0. The third-order valence-electron chi connectivity index (χ3n) is 19.9. The molecule has 0 saturated carbocycles. The fraction of sp³-hybridized carbons (Fsp3) is 0.125. The van der Waals surface area contributed by atoms with Crippen LogP contribution in [-0.4, -0.2) is 19.9 Å². The summed E-state index contributed by atoms with van der Waals surface area (Å²) in [6, 6.07) is 76.6. The number of furan rings is 4. The molecule has 8 heterocycles. The van der Waals surface area contributed by atoms with E-state index in [9.17, 15) is 0 Å². The van der Waals surface area contributed by atoms with Gasteiger partial charge in [-0.25, -0.2) is 19.4 Å². The number of para-hydroxylation sites is 4. The van der Waals surface area contributed by atoms with E-state index in [0.717, 1.165) is 183 Å². The average molecular weight is 1400 g/mol. The molecule has 18 rings (SSSR count). The maximum atomic E-state index is 7.86. The van der Waals surface area contributed by atoms with Gasteiger partial charge in [0.15, 0.2) is 11.4 Å². The Hall–Kier alpha value is -14.0. The number of hydrogen-bond donors (Lipinski definition) is 0. The van der Waals surface area contributed by atoms with Crippen LogP contribution in [0.2, 0.25) is 0 Å². The molecule has 0 saturated heterocycles. The first-order chi connectivity index (χ1) is 52.7. The predicted octanol–water partition coefficient (Wildman–Crippen LogP) is 28.4. The minimum atomic E-state index is 0.203. The van der Waals surface area contributed by atoms with Crippen LogP contribution in [0, 0.1) is 47.1 Å². The van der Waals surface area contributed by atoms with Crippen molar-refractivity contribution in [3.63, 3.8) is 0 Å². The van der Waals surface area contributed by atoms with Gasteiger partial charge in [-0.2, -0.15) is 0 Å². The van der Waals surface area contributed by atoms with E-state index in [1.807, 2.05) is 196 Å². The molecule has 10 aromatic carbocycles. The van der Waals surface area contributed by atoms with Gasteiger partial charge in [-0.15, -0.1) is 0 Å². The van der Waals surface area contributed by atoms with Crippen LogP contribution in [0.4, 0.5) is 22.7 Å². The van der Waals surface area contributed by atoms with E-state index >= 15 is 0 Å². The highest BCUT2D eigenvalue weighted by atomic mass is 16.3. The average Bonchev–Trinajstić information content (AvgIpc) is 1.66. The Kier molecular flexibility index (Phi) is 19.1. The summed E-state index contributed by atoms with van der Waals surface area (Å²) in [5.74, 6) is 0.694. The van der Waals surface area contributed by atoms with Gasteiger partial charge in [0.2, 0.25) is 11.4 Å². The number of fused-ring (bicyclic) bond motifs is 12. The van der Waals surface area contributed by atoms with E-state index in [-0.39, 0.29) is 17.8 Å². The second kappa shape index (κ2) is 29.6. The molecular weight excluding hydrogens is 1330 g/mol. The first-order valence-corrected chi connectivity index (χ1v) is 35.9. The highest BCUT2D eigenvalue weighted by Gasteiger charge is 2.27. The molecule has 0 N–H and O–H groups in total. The third-order valence-corrected chi connectivity index (χ3v) is 19.9. The Morgan fingerprint density at radius 3 is 1.00 bits per heavy atom. The first kappa shape index (κ1) is 69.7. The van der Waals surface area contributed by atoms with Crippen LogP contribution in [0.25, 0.3) is 174 Å². The van der Waals surface area contributed by atoms with Gasteiger partial charge in [-0.1, -0.05) is 193 Å². The number of aryl methyl sites for hydroxylation is 2. The van der Waals surface area contributed by atoms with Gasteiger partial charge in [0.05, 0.1) is 49.1 Å². The molecule has 0 spiro atoms. The largest absolute Gasteiger partial charge is 0.466 e. The molecule has 12 nitrogen and oxygen atoms in total. The Balaban J connectivity index is 0.000000115. The van der Waals surface area contributed by atoms with E-state index in [2.05, 4.69) is 136 Å². The van der Waals surface area contributed by atoms with Gasteiger partial charge in [0.25, 0.3) is 0 Å². The lowest BCUT2D eigenvalue weighted by Crippen LogP contribution is -1.95. The normalized spacial score (nSPS) is 11.2. The lowest BCUT2D eigenvalue weighted by Gasteiger charge is -2.15. The second-order valence-electron chi connectivity index (χ2n) is 27.6. The fourth-order valence-corrected chi connectivity index (χ4v) is 14.9. The van der Waals surface area contributed by atoms with Crippen LogP contribution in [-0.2, 0) is 0 Å². The van der Waals surface area contributed by atoms with E-state index < -0.39 is 0 Å². The van der Waals surface area contributed by atoms with Crippen molar-refractivity contribution in [1.29, 1.82) is 0 Å². The predicted molar refractivity (Wildman–Crippen MR) is 440 cm³/mol. The van der Waals surface area contributed by atoms with E-state index in [1.54, 1.807) is 24.8 Å². The van der Waals surface area contributed by atoms with Crippen molar-refractivity contribution in [2.45, 2.75) is 80.1 Å². The van der Waals surface area contributed by atoms with Gasteiger partial charge < -0.3 is 17.7 Å². The Morgan fingerprint density at radius 1 is 0.278 bits per heavy atom. The van der Waals surface area contributed by atoms with Gasteiger partial charge in [0.1, 0.15) is 44.7 Å². The standard InChI is InChI=1S/2C25H16N2O.C24H22N2O.C22H18N2O/c1-16-20(17-9-4-3-5-10-17)15-21-18-11-8-12-19(22-13-6-7-14-27-22)24(18)28-25(21)23(16)26-2;1-16-15-20-18-11-8-12-19(21-13-6-7-14-27-21)24(18)28-25(20)23(26-2)22(16)17-9-4-3-5-10-17;1-14(2)18-13-19-16-9-8-10-17(20-11-6-7-12-26-20)23(16)27-24(19)21(15(3)4)22(18)25-5;1-13(2)19-20(23-4)14(3)12-17-15-8-7-9-16(21(15)25-22(17)19)18-10-5-6-11-24-18/h2*3-15H,1H3;6-15H,1-4H3;5-13H,1-3H3. The third kappa shape index (κ3) is 12.6. The van der Waals surface area contributed by atoms with Gasteiger partial charge in [-0.3, -0.25) is 19.9 Å². The highest BCUT2D eigenvalue weighted by molar-refractivity contribution is 6.17. The summed E-state index contributed by atoms with van der Waals surface area (Å²) in [5.41, 5.74) is 26.3. The SMILES string of the molecule is [C-]#[N+]c1c(-c2ccccc2)c(C)cc2c1oc1c(-c3ccccn3)cccc12.[C-]#[N+]c1c(C(C)C)cc2c(oc3c(-c4ccccn4)cccc32)c1C(C)C.[C-]#[N+]c1c(C)c(-c2ccccc2)cc2c1oc1c(-c3ccccn3)cccc12.[C-]#[N+]c1c(C)cc2c(oc3c(-c4ccccn4)cccc32)c1C(C)C. The monoisotopic (exact) mass is 1400 g/mol. The first-order valence-electron chi connectivity index (χ1n) is 35.9. The van der Waals surface area contributed by atoms with Crippen LogP contribution in [0.1, 0.15) is 92.7 Å². The van der Waals surface area contributed by atoms with Crippen LogP contribution >= 0.6 is 0 Å². The zero-order valence-electron chi connectivity index (χ0n) is 61.2. The molecular formula is C96H72N8O4. The highest BCUT2D eigenvalue weighted by Crippen LogP contribution is 2.50. The molecule has 12 heteroatoms. The summed E-state index contributed by atoms with van der Waals surface area (Å²) in [5, 5.41) is 8.24. The molecule has 0 radical (unpaired) electrons. The van der Waals surface area contributed by atoms with Crippen molar-refractivity contribution in [3.05, 3.63) is 334 Å². The molecule has 0 aliphatic heterocycles. The quantitative estimate of drug-likeness (QED) is 0.131. The molecule has 0 aliphatic carbocycles. The molecule has 108 heavy (non-hydrogen) atoms. The minimum Gasteiger partial charge on any atom is -0.466 e. The van der Waals surface area contributed by atoms with Crippen molar-refractivity contribution >= 4 is 111 Å². The number of benzene rings is 10. The summed E-state index contributed by atoms with van der Waals surface area (Å²) in [7, 11) is 0. The summed E-state index contributed by atoms with van der Waals surface area (Å²) < 4.78 is 25.4. The van der Waals surface area contributed by atoms with Crippen molar-refractivity contribution in [2.75, 3.05) is 0 Å². The van der Waals surface area contributed by atoms with Gasteiger partial charge in [0, 0.05) is 101 Å². The summed E-state index contributed by atoms with van der Waals surface area (Å²) in [6.07, 6.45) is 7.14. The smallest absolute Gasteiger partial charge is 0.237 e. The number of pyridine rings is 4. The van der Waals surface area contributed by atoms with Gasteiger partial charge in [-0.05, 0) is 162 Å². The number of hydrogen-bond acceptors (Lipinski definition) is 8. The molecule has 18 aromatic rings. The maximum absolute atomic E-state index is 7.86. The molecule has 0 aliphatic rings. The number of aromatic nitrogens is 4. The zero-order chi connectivity index (χ0) is 74.9. The van der Waals surface area contributed by atoms with Crippen molar-refractivity contribution < 1.29 is 17.7 Å². The lowest BCUT2D eigenvalue weighted by atomic mass is 9.90. The Morgan fingerprint density at radius 2 is 0.620 bits per heavy atom. The molecule has 8 aromatic heterocycles. The van der Waals surface area contributed by atoms with Crippen LogP contribution < -0.4 is 0 Å². The number of rotatable bonds is 9. The summed E-state index contributed by atoms with van der Waals surface area (Å²) in [4.78, 5) is 33.3. The van der Waals surface area contributed by atoms with Crippen LogP contribution in [0.3, 0.4) is 0 Å². The van der Waals surface area contributed by atoms with Crippen LogP contribution in [0.15, 0.2) is 273 Å². The lowest BCUT2D eigenvalue weighted by molar-refractivity contribution is 0.657. The van der Waals surface area contributed by atoms with E-state index in [1.165, 1.54) is 0 Å². The molecule has 0 amide bonds. The Bertz CT molecular complexity index is 6600. The van der Waals surface area contributed by atoms with Crippen molar-refractivity contribution in [3.8, 4) is 67.3 Å². The molecule has 0 fully saturated rings. The molecule has 520 valence electrons. The topological polar surface area (TPSA) is 122 Å². The van der Waals surface area contributed by atoms with Gasteiger partial charge >= 0.3 is 0 Å². The maximum Gasteiger partial charge on any atom is 0.237 e. The van der Waals surface area contributed by atoms with Crippen LogP contribution in [0.5, 0.6) is 0 Å². The van der Waals surface area contributed by atoms with E-state index in [4.69, 9.17) is 44.0 Å². The number of nitrogens with zero attached hydrogens (tertiary/aromatic N) is 8. The summed E-state index contributed by atoms with van der Waals surface area (Å²) in [6.45, 7) is 49.8. The van der Waals surface area contributed by atoms with E-state index in [0.29, 0.717) is 28.2 Å². The zero-order valence-corrected chi connectivity index (χ0v) is 61.2. The molecule has 0 bridgehead atoms. The van der Waals surface area contributed by atoms with Crippen molar-refractivity contribution in [1.82, 2.24) is 19.9 Å². The molecule has 0 atom stereocenters. The second-order valence-corrected chi connectivity index (χ2v) is 27.6. The molecule has 0 unspecified atom stereocenters. The minimum absolute atomic E-state index is 0.203. The Labute approximate surface area is 626 Å². The van der Waals surface area contributed by atoms with Crippen molar-refractivity contribution in [2.24, 2.45) is 0 Å². The fourth-order valence-electron chi connectivity index (χ4n) is 14.9.